The number of hydrogen-bond donors (Lipinski definition) is 1. The summed E-state index contributed by atoms with van der Waals surface area (Å²) < 4.78 is 4.87. The molecule has 0 radical (unpaired) electrons. The van der Waals surface area contributed by atoms with Gasteiger partial charge in [0.05, 0.1) is 12.2 Å². The standard InChI is InChI=1S/C12H13NO2S/c1-2-15-12(14)11-7-10(8-13-9-11)5-3-4-6-16/h7-9,16H,2,4,6H2,1H3. The molecule has 1 aromatic rings. The highest BCUT2D eigenvalue weighted by Gasteiger charge is 2.06. The fraction of sp³-hybridized carbons (Fsp3) is 0.333. The Labute approximate surface area is 101 Å². The van der Waals surface area contributed by atoms with E-state index in [1.807, 2.05) is 0 Å². The van der Waals surface area contributed by atoms with Gasteiger partial charge in [0.1, 0.15) is 0 Å². The van der Waals surface area contributed by atoms with Crippen molar-refractivity contribution in [2.45, 2.75) is 13.3 Å². The van der Waals surface area contributed by atoms with Gasteiger partial charge in [-0.2, -0.15) is 12.6 Å². The average molecular weight is 235 g/mol. The van der Waals surface area contributed by atoms with E-state index in [1.54, 1.807) is 19.2 Å². The second-order valence-electron chi connectivity index (χ2n) is 2.96. The van der Waals surface area contributed by atoms with Crippen LogP contribution in [0.15, 0.2) is 18.5 Å². The molecule has 1 heterocycles. The van der Waals surface area contributed by atoms with E-state index in [-0.39, 0.29) is 5.97 Å². The molecule has 0 aliphatic carbocycles. The van der Waals surface area contributed by atoms with Crippen LogP contribution in [0.2, 0.25) is 0 Å². The summed E-state index contributed by atoms with van der Waals surface area (Å²) in [7, 11) is 0. The molecule has 0 saturated heterocycles. The van der Waals surface area contributed by atoms with Gasteiger partial charge < -0.3 is 4.74 Å². The van der Waals surface area contributed by atoms with Crippen LogP contribution in [0, 0.1) is 11.8 Å². The van der Waals surface area contributed by atoms with E-state index in [0.717, 1.165) is 5.75 Å². The number of ether oxygens (including phenoxy) is 1. The zero-order valence-corrected chi connectivity index (χ0v) is 9.96. The van der Waals surface area contributed by atoms with Gasteiger partial charge in [-0.15, -0.1) is 0 Å². The van der Waals surface area contributed by atoms with Crippen molar-refractivity contribution >= 4 is 18.6 Å². The highest BCUT2D eigenvalue weighted by Crippen LogP contribution is 2.03. The maximum atomic E-state index is 11.4. The quantitative estimate of drug-likeness (QED) is 0.494. The van der Waals surface area contributed by atoms with E-state index in [2.05, 4.69) is 29.5 Å². The predicted molar refractivity (Wildman–Crippen MR) is 65.5 cm³/mol. The van der Waals surface area contributed by atoms with Crippen LogP contribution < -0.4 is 0 Å². The van der Waals surface area contributed by atoms with E-state index in [0.29, 0.717) is 24.2 Å². The third kappa shape index (κ3) is 3.95. The fourth-order valence-corrected chi connectivity index (χ4v) is 1.17. The average Bonchev–Trinajstić information content (AvgIpc) is 2.30. The van der Waals surface area contributed by atoms with Crippen molar-refractivity contribution in [3.8, 4) is 11.8 Å². The molecule has 0 N–H and O–H groups in total. The first-order valence-electron chi connectivity index (χ1n) is 4.99. The Morgan fingerprint density at radius 1 is 1.56 bits per heavy atom. The maximum absolute atomic E-state index is 11.4. The number of carbonyl (C=O) groups is 1. The van der Waals surface area contributed by atoms with Gasteiger partial charge in [0, 0.05) is 30.1 Å². The fourth-order valence-electron chi connectivity index (χ4n) is 1.05. The maximum Gasteiger partial charge on any atom is 0.339 e. The first-order chi connectivity index (χ1) is 7.77. The van der Waals surface area contributed by atoms with E-state index in [9.17, 15) is 4.79 Å². The van der Waals surface area contributed by atoms with E-state index >= 15 is 0 Å². The molecular formula is C12H13NO2S. The van der Waals surface area contributed by atoms with E-state index in [1.165, 1.54) is 6.20 Å². The number of carbonyl (C=O) groups excluding carboxylic acids is 1. The van der Waals surface area contributed by atoms with Crippen molar-refractivity contribution in [1.82, 2.24) is 4.98 Å². The summed E-state index contributed by atoms with van der Waals surface area (Å²) in [4.78, 5) is 15.3. The Morgan fingerprint density at radius 2 is 2.38 bits per heavy atom. The van der Waals surface area contributed by atoms with Crippen molar-refractivity contribution in [2.24, 2.45) is 0 Å². The number of nitrogens with zero attached hydrogens (tertiary/aromatic N) is 1. The molecule has 0 atom stereocenters. The molecule has 0 aromatic carbocycles. The summed E-state index contributed by atoms with van der Waals surface area (Å²) in [6.45, 7) is 2.12. The Kier molecular flexibility index (Phi) is 5.44. The van der Waals surface area contributed by atoms with Crippen LogP contribution in [0.1, 0.15) is 29.3 Å². The molecule has 16 heavy (non-hydrogen) atoms. The lowest BCUT2D eigenvalue weighted by Gasteiger charge is -2.00. The Bertz CT molecular complexity index is 421. The first-order valence-corrected chi connectivity index (χ1v) is 5.63. The van der Waals surface area contributed by atoms with Crippen molar-refractivity contribution in [3.05, 3.63) is 29.6 Å². The largest absolute Gasteiger partial charge is 0.462 e. The summed E-state index contributed by atoms with van der Waals surface area (Å²) in [5.74, 6) is 6.20. The molecule has 0 unspecified atom stereocenters. The van der Waals surface area contributed by atoms with Gasteiger partial charge in [-0.05, 0) is 13.0 Å². The van der Waals surface area contributed by atoms with Gasteiger partial charge in [-0.1, -0.05) is 11.8 Å². The lowest BCUT2D eigenvalue weighted by atomic mass is 10.2. The SMILES string of the molecule is CCOC(=O)c1cncc(C#CCCS)c1. The van der Waals surface area contributed by atoms with Crippen molar-refractivity contribution in [3.63, 3.8) is 0 Å². The number of rotatable bonds is 3. The van der Waals surface area contributed by atoms with Crippen molar-refractivity contribution in [2.75, 3.05) is 12.4 Å². The smallest absolute Gasteiger partial charge is 0.339 e. The minimum atomic E-state index is -0.368. The Morgan fingerprint density at radius 3 is 3.06 bits per heavy atom. The lowest BCUT2D eigenvalue weighted by Crippen LogP contribution is -2.05. The Balaban J connectivity index is 2.79. The van der Waals surface area contributed by atoms with Crippen molar-refractivity contribution in [1.29, 1.82) is 0 Å². The van der Waals surface area contributed by atoms with Crippen molar-refractivity contribution < 1.29 is 9.53 Å². The summed E-state index contributed by atoms with van der Waals surface area (Å²) in [5.41, 5.74) is 1.15. The third-order valence-corrected chi connectivity index (χ3v) is 1.94. The van der Waals surface area contributed by atoms with Crippen LogP contribution in [-0.2, 0) is 4.74 Å². The highest BCUT2D eigenvalue weighted by atomic mass is 32.1. The molecular weight excluding hydrogens is 222 g/mol. The van der Waals surface area contributed by atoms with Crippen LogP contribution >= 0.6 is 12.6 Å². The summed E-state index contributed by atoms with van der Waals surface area (Å²) in [6.07, 6.45) is 3.81. The highest BCUT2D eigenvalue weighted by molar-refractivity contribution is 7.80. The molecule has 0 aliphatic rings. The van der Waals surface area contributed by atoms with Gasteiger partial charge in [-0.3, -0.25) is 4.98 Å². The lowest BCUT2D eigenvalue weighted by molar-refractivity contribution is 0.0526. The second kappa shape index (κ2) is 6.91. The van der Waals surface area contributed by atoms with E-state index < -0.39 is 0 Å². The molecule has 4 heteroatoms. The van der Waals surface area contributed by atoms with Crippen LogP contribution in [0.4, 0.5) is 0 Å². The van der Waals surface area contributed by atoms with Gasteiger partial charge in [0.15, 0.2) is 0 Å². The number of hydrogen-bond acceptors (Lipinski definition) is 4. The van der Waals surface area contributed by atoms with Gasteiger partial charge >= 0.3 is 5.97 Å². The van der Waals surface area contributed by atoms with Crippen LogP contribution in [0.25, 0.3) is 0 Å². The molecule has 0 bridgehead atoms. The molecule has 1 aromatic heterocycles. The molecule has 0 spiro atoms. The molecule has 0 amide bonds. The summed E-state index contributed by atoms with van der Waals surface area (Å²) in [6, 6.07) is 1.68. The number of aromatic nitrogens is 1. The van der Waals surface area contributed by atoms with Crippen LogP contribution in [-0.4, -0.2) is 23.3 Å². The van der Waals surface area contributed by atoms with E-state index in [4.69, 9.17) is 4.74 Å². The molecule has 0 saturated carbocycles. The molecule has 3 nitrogen and oxygen atoms in total. The summed E-state index contributed by atoms with van der Waals surface area (Å²) in [5, 5.41) is 0. The topological polar surface area (TPSA) is 39.2 Å². The summed E-state index contributed by atoms with van der Waals surface area (Å²) >= 11 is 4.06. The minimum absolute atomic E-state index is 0.356. The third-order valence-electron chi connectivity index (χ3n) is 1.72. The van der Waals surface area contributed by atoms with Gasteiger partial charge in [0.25, 0.3) is 0 Å². The minimum Gasteiger partial charge on any atom is -0.462 e. The Hall–Kier alpha value is -1.47. The molecule has 1 rings (SSSR count). The number of thiol groups is 1. The zero-order chi connectivity index (χ0) is 11.8. The normalized spacial score (nSPS) is 9.12. The second-order valence-corrected chi connectivity index (χ2v) is 3.41. The van der Waals surface area contributed by atoms with Crippen LogP contribution in [0.5, 0.6) is 0 Å². The first kappa shape index (κ1) is 12.6. The zero-order valence-electron chi connectivity index (χ0n) is 9.06. The van der Waals surface area contributed by atoms with Gasteiger partial charge in [0.2, 0.25) is 0 Å². The monoisotopic (exact) mass is 235 g/mol. The number of pyridine rings is 1. The predicted octanol–water partition coefficient (Wildman–Crippen LogP) is 1.93. The molecule has 0 fully saturated rings. The van der Waals surface area contributed by atoms with Gasteiger partial charge in [-0.25, -0.2) is 4.79 Å². The van der Waals surface area contributed by atoms with Crippen LogP contribution in [0.3, 0.4) is 0 Å². The molecule has 0 aliphatic heterocycles. The molecule has 84 valence electrons. The number of esters is 1.